The first-order valence-corrected chi connectivity index (χ1v) is 7.30. The van der Waals surface area contributed by atoms with Gasteiger partial charge in [-0.25, -0.2) is 0 Å². The fourth-order valence-corrected chi connectivity index (χ4v) is 1.30. The molecule has 122 valence electrons. The highest BCUT2D eigenvalue weighted by Gasteiger charge is 2.07. The van der Waals surface area contributed by atoms with Gasteiger partial charge >= 0.3 is 0 Å². The summed E-state index contributed by atoms with van der Waals surface area (Å²) in [4.78, 5) is 5.62. The number of ether oxygens (including phenoxy) is 1. The molecule has 0 radical (unpaired) electrons. The highest BCUT2D eigenvalue weighted by Crippen LogP contribution is 1.91. The van der Waals surface area contributed by atoms with Crippen molar-refractivity contribution < 1.29 is 9.84 Å². The maximum Gasteiger partial charge on any atom is 0.0698 e. The van der Waals surface area contributed by atoms with Crippen LogP contribution in [0.5, 0.6) is 0 Å². The van der Waals surface area contributed by atoms with E-state index in [1.165, 1.54) is 0 Å². The fourth-order valence-electron chi connectivity index (χ4n) is 1.30. The average molecular weight is 289 g/mol. The first kappa shape index (κ1) is 24.3. The lowest BCUT2D eigenvalue weighted by molar-refractivity contribution is 0.0710. The van der Waals surface area contributed by atoms with Crippen molar-refractivity contribution in [3.8, 4) is 0 Å². The number of aliphatic imine (C=N–C) groups is 1. The van der Waals surface area contributed by atoms with Crippen molar-refractivity contribution >= 4 is 6.72 Å². The van der Waals surface area contributed by atoms with Gasteiger partial charge in [-0.3, -0.25) is 4.90 Å². The number of nitrogens with one attached hydrogen (secondary N) is 1. The fraction of sp³-hybridized carbons (Fsp3) is 0.800. The van der Waals surface area contributed by atoms with Crippen LogP contribution in [0.25, 0.3) is 0 Å². The summed E-state index contributed by atoms with van der Waals surface area (Å²) in [5, 5.41) is 11.7. The van der Waals surface area contributed by atoms with E-state index in [1.807, 2.05) is 20.8 Å². The molecule has 1 rings (SSSR count). The van der Waals surface area contributed by atoms with E-state index in [-0.39, 0.29) is 6.61 Å². The van der Waals surface area contributed by atoms with Gasteiger partial charge in [0, 0.05) is 39.8 Å². The summed E-state index contributed by atoms with van der Waals surface area (Å²) in [6, 6.07) is 0. The van der Waals surface area contributed by atoms with Crippen LogP contribution in [0.15, 0.2) is 17.6 Å². The summed E-state index contributed by atoms with van der Waals surface area (Å²) in [5.74, 6) is 0. The molecule has 1 heterocycles. The molecule has 1 aliphatic rings. The van der Waals surface area contributed by atoms with Crippen LogP contribution < -0.4 is 5.32 Å². The Labute approximate surface area is 125 Å². The van der Waals surface area contributed by atoms with Crippen molar-refractivity contribution in [2.24, 2.45) is 4.99 Å². The normalized spacial score (nSPS) is 13.4. The van der Waals surface area contributed by atoms with Gasteiger partial charge in [0.15, 0.2) is 0 Å². The molecule has 1 saturated heterocycles. The number of rotatable bonds is 5. The number of aliphatic hydroxyl groups excluding tert-OH is 1. The van der Waals surface area contributed by atoms with E-state index >= 15 is 0 Å². The van der Waals surface area contributed by atoms with Gasteiger partial charge in [-0.1, -0.05) is 19.9 Å². The van der Waals surface area contributed by atoms with Gasteiger partial charge in [0.1, 0.15) is 0 Å². The molecule has 0 bridgehead atoms. The van der Waals surface area contributed by atoms with E-state index in [2.05, 4.69) is 28.5 Å². The van der Waals surface area contributed by atoms with Gasteiger partial charge in [0.25, 0.3) is 0 Å². The summed E-state index contributed by atoms with van der Waals surface area (Å²) in [6.07, 6.45) is 1.75. The van der Waals surface area contributed by atoms with Crippen LogP contribution in [0.3, 0.4) is 0 Å². The molecule has 5 nitrogen and oxygen atoms in total. The summed E-state index contributed by atoms with van der Waals surface area (Å²) < 4.78 is 5.17. The monoisotopic (exact) mass is 289 g/mol. The van der Waals surface area contributed by atoms with Gasteiger partial charge in [0.05, 0.1) is 19.8 Å². The lowest BCUT2D eigenvalue weighted by Crippen LogP contribution is -2.44. The highest BCUT2D eigenvalue weighted by molar-refractivity contribution is 5.22. The maximum atomic E-state index is 8.45. The summed E-state index contributed by atoms with van der Waals surface area (Å²) in [6.45, 7) is 19.1. The molecule has 0 atom stereocenters. The van der Waals surface area contributed by atoms with Crippen molar-refractivity contribution in [1.29, 1.82) is 0 Å². The van der Waals surface area contributed by atoms with Crippen molar-refractivity contribution in [3.63, 3.8) is 0 Å². The van der Waals surface area contributed by atoms with Gasteiger partial charge < -0.3 is 20.2 Å². The zero-order valence-electron chi connectivity index (χ0n) is 13.9. The molecule has 5 heteroatoms. The molecule has 1 aliphatic heterocycles. The molecule has 0 aromatic rings. The van der Waals surface area contributed by atoms with Crippen LogP contribution >= 0.6 is 0 Å². The molecule has 20 heavy (non-hydrogen) atoms. The van der Waals surface area contributed by atoms with E-state index in [9.17, 15) is 0 Å². The summed E-state index contributed by atoms with van der Waals surface area (Å²) >= 11 is 0. The van der Waals surface area contributed by atoms with Gasteiger partial charge in [-0.15, -0.1) is 6.58 Å². The number of nitrogens with zero attached hydrogens (tertiary/aromatic N) is 2. The van der Waals surface area contributed by atoms with Crippen LogP contribution in [0.1, 0.15) is 20.8 Å². The second-order valence-corrected chi connectivity index (χ2v) is 3.65. The van der Waals surface area contributed by atoms with Gasteiger partial charge in [0.2, 0.25) is 0 Å². The third-order valence-electron chi connectivity index (χ3n) is 2.00. The van der Waals surface area contributed by atoms with Crippen molar-refractivity contribution in [2.45, 2.75) is 20.8 Å². The summed E-state index contributed by atoms with van der Waals surface area (Å²) in [7, 11) is 1.64. The quantitative estimate of drug-likeness (QED) is 0.457. The number of hydrogen-bond acceptors (Lipinski definition) is 5. The van der Waals surface area contributed by atoms with Crippen molar-refractivity contribution in [1.82, 2.24) is 10.2 Å². The largest absolute Gasteiger partial charge is 0.394 e. The molecule has 2 N–H and O–H groups in total. The van der Waals surface area contributed by atoms with Crippen molar-refractivity contribution in [3.05, 3.63) is 12.7 Å². The van der Waals surface area contributed by atoms with Gasteiger partial charge in [-0.05, 0) is 13.6 Å². The Morgan fingerprint density at radius 3 is 2.15 bits per heavy atom. The predicted molar refractivity (Wildman–Crippen MR) is 89.9 cm³/mol. The second kappa shape index (κ2) is 26.7. The van der Waals surface area contributed by atoms with E-state index in [4.69, 9.17) is 9.84 Å². The molecular weight excluding hydrogens is 254 g/mol. The Bertz CT molecular complexity index is 167. The van der Waals surface area contributed by atoms with E-state index < -0.39 is 0 Å². The Morgan fingerprint density at radius 1 is 1.30 bits per heavy atom. The van der Waals surface area contributed by atoms with Gasteiger partial charge in [-0.2, -0.15) is 0 Å². The second-order valence-electron chi connectivity index (χ2n) is 3.65. The van der Waals surface area contributed by atoms with Crippen LogP contribution in [-0.4, -0.2) is 76.3 Å². The smallest absolute Gasteiger partial charge is 0.0698 e. The zero-order chi connectivity index (χ0) is 16.1. The number of hydrogen-bond donors (Lipinski definition) is 2. The lowest BCUT2D eigenvalue weighted by atomic mass is 10.4. The molecule has 0 aromatic heterocycles. The standard InChI is InChI=1S/C8H18N2O2.C3H6.C2H5N.C2H6/c11-6-8-12-7-5-10-3-1-9-2-4-10;2*1-3-2;1-2/h9,11H,1-8H2;3H,1H2,2H3;1H2,2H3;1-2H3. The predicted octanol–water partition coefficient (Wildman–Crippen LogP) is 1.44. The topological polar surface area (TPSA) is 57.1 Å². The Morgan fingerprint density at radius 2 is 1.75 bits per heavy atom. The molecule has 0 saturated carbocycles. The molecule has 0 aromatic carbocycles. The van der Waals surface area contributed by atoms with Crippen LogP contribution in [0.2, 0.25) is 0 Å². The Kier molecular flexibility index (Phi) is 32.5. The van der Waals surface area contributed by atoms with Crippen LogP contribution in [0, 0.1) is 0 Å². The molecule has 0 spiro atoms. The minimum Gasteiger partial charge on any atom is -0.394 e. The van der Waals surface area contributed by atoms with Crippen LogP contribution in [-0.2, 0) is 4.74 Å². The number of piperazine rings is 1. The minimum atomic E-state index is 0.127. The van der Waals surface area contributed by atoms with Crippen LogP contribution in [0.4, 0.5) is 0 Å². The van der Waals surface area contributed by atoms with E-state index in [1.54, 1.807) is 13.1 Å². The van der Waals surface area contributed by atoms with E-state index in [0.29, 0.717) is 6.61 Å². The number of aliphatic hydroxyl groups is 1. The third-order valence-corrected chi connectivity index (χ3v) is 2.00. The molecule has 0 amide bonds. The molecule has 0 unspecified atom stereocenters. The Balaban J connectivity index is -0.000000304. The minimum absolute atomic E-state index is 0.127. The SMILES string of the molecule is C=CC.C=NC.CC.OCCOCCN1CCNCC1. The Hall–Kier alpha value is -0.750. The third kappa shape index (κ3) is 25.9. The summed E-state index contributed by atoms with van der Waals surface area (Å²) in [5.41, 5.74) is 0. The maximum absolute atomic E-state index is 8.45. The number of allylic oxidation sites excluding steroid dienone is 1. The zero-order valence-corrected chi connectivity index (χ0v) is 13.9. The molecule has 1 fully saturated rings. The first-order chi connectivity index (χ1) is 9.76. The van der Waals surface area contributed by atoms with E-state index in [0.717, 1.165) is 39.3 Å². The first-order valence-electron chi connectivity index (χ1n) is 7.30. The molecule has 0 aliphatic carbocycles. The van der Waals surface area contributed by atoms with Crippen molar-refractivity contribution in [2.75, 3.05) is 59.6 Å². The highest BCUT2D eigenvalue weighted by atomic mass is 16.5. The lowest BCUT2D eigenvalue weighted by Gasteiger charge is -2.26. The average Bonchev–Trinajstić information content (AvgIpc) is 2.49. The molecular formula is C15H35N3O2.